The van der Waals surface area contributed by atoms with Gasteiger partial charge in [0.25, 0.3) is 0 Å². The minimum atomic E-state index is 0.721. The van der Waals surface area contributed by atoms with E-state index >= 15 is 0 Å². The van der Waals surface area contributed by atoms with E-state index in [2.05, 4.69) is 28.4 Å². The van der Waals surface area contributed by atoms with Crippen molar-refractivity contribution in [3.8, 4) is 0 Å². The Kier molecular flexibility index (Phi) is 6.27. The van der Waals surface area contributed by atoms with E-state index < -0.39 is 0 Å². The molecule has 1 aliphatic rings. The summed E-state index contributed by atoms with van der Waals surface area (Å²) in [6.07, 6.45) is 5.10. The Morgan fingerprint density at radius 3 is 2.57 bits per heavy atom. The van der Waals surface area contributed by atoms with Gasteiger partial charge >= 0.3 is 0 Å². The van der Waals surface area contributed by atoms with Gasteiger partial charge in [-0.05, 0) is 36.7 Å². The van der Waals surface area contributed by atoms with Crippen LogP contribution in [0.5, 0.6) is 0 Å². The van der Waals surface area contributed by atoms with Gasteiger partial charge in [-0.15, -0.1) is 0 Å². The molecule has 0 spiro atoms. The lowest BCUT2D eigenvalue weighted by Crippen LogP contribution is -2.37. The van der Waals surface area contributed by atoms with Gasteiger partial charge in [0.05, 0.1) is 18.7 Å². The maximum Gasteiger partial charge on any atom is 0.154 e. The second-order valence-electron chi connectivity index (χ2n) is 6.93. The fraction of sp³-hybridized carbons (Fsp3) is 0.304. The molecular weight excluding hydrogens is 348 g/mol. The molecule has 1 fully saturated rings. The van der Waals surface area contributed by atoms with Crippen molar-refractivity contribution in [2.45, 2.75) is 6.42 Å². The number of para-hydroxylation sites is 1. The number of nitrogens with one attached hydrogen (secondary N) is 1. The maximum absolute atomic E-state index is 5.41. The molecule has 1 aliphatic heterocycles. The first-order valence-electron chi connectivity index (χ1n) is 9.92. The molecule has 28 heavy (non-hydrogen) atoms. The lowest BCUT2D eigenvalue weighted by molar-refractivity contribution is 0.0378. The van der Waals surface area contributed by atoms with Gasteiger partial charge in [0.1, 0.15) is 5.82 Å². The van der Waals surface area contributed by atoms with Crippen molar-refractivity contribution in [2.24, 2.45) is 0 Å². The summed E-state index contributed by atoms with van der Waals surface area (Å²) in [6.45, 7) is 5.73. The molecule has 3 aromatic rings. The normalized spacial score (nSPS) is 15.3. The van der Waals surface area contributed by atoms with Crippen LogP contribution in [-0.2, 0) is 4.74 Å². The van der Waals surface area contributed by atoms with Crippen LogP contribution in [0.2, 0.25) is 0 Å². The van der Waals surface area contributed by atoms with Crippen molar-refractivity contribution in [1.82, 2.24) is 14.9 Å². The second kappa shape index (κ2) is 9.44. The SMILES string of the molecule is C(=C\c1nc(NCCCN2CCOCC2)c2ccccc2n1)/c1ccccc1. The molecule has 0 aliphatic carbocycles. The summed E-state index contributed by atoms with van der Waals surface area (Å²) in [5, 5.41) is 4.58. The van der Waals surface area contributed by atoms with E-state index in [1.807, 2.05) is 48.6 Å². The van der Waals surface area contributed by atoms with Gasteiger partial charge in [-0.1, -0.05) is 48.5 Å². The molecule has 1 saturated heterocycles. The summed E-state index contributed by atoms with van der Waals surface area (Å²) in [6, 6.07) is 18.4. The van der Waals surface area contributed by atoms with E-state index in [0.29, 0.717) is 0 Å². The number of hydrogen-bond donors (Lipinski definition) is 1. The third-order valence-corrected chi connectivity index (χ3v) is 4.89. The Hall–Kier alpha value is -2.76. The van der Waals surface area contributed by atoms with E-state index in [-0.39, 0.29) is 0 Å². The van der Waals surface area contributed by atoms with Crippen LogP contribution in [0.1, 0.15) is 17.8 Å². The van der Waals surface area contributed by atoms with Crippen LogP contribution in [0.15, 0.2) is 54.6 Å². The van der Waals surface area contributed by atoms with Crippen molar-refractivity contribution < 1.29 is 4.74 Å². The minimum Gasteiger partial charge on any atom is -0.379 e. The topological polar surface area (TPSA) is 50.3 Å². The highest BCUT2D eigenvalue weighted by molar-refractivity contribution is 5.90. The molecule has 0 saturated carbocycles. The van der Waals surface area contributed by atoms with Crippen molar-refractivity contribution in [3.63, 3.8) is 0 Å². The molecule has 0 bridgehead atoms. The van der Waals surface area contributed by atoms with E-state index in [1.54, 1.807) is 0 Å². The highest BCUT2D eigenvalue weighted by atomic mass is 16.5. The third-order valence-electron chi connectivity index (χ3n) is 4.89. The first kappa shape index (κ1) is 18.6. The van der Waals surface area contributed by atoms with Crippen LogP contribution in [-0.4, -0.2) is 54.3 Å². The molecule has 1 N–H and O–H groups in total. The Balaban J connectivity index is 1.45. The van der Waals surface area contributed by atoms with Gasteiger partial charge in [0.15, 0.2) is 5.82 Å². The van der Waals surface area contributed by atoms with E-state index in [0.717, 1.165) is 73.9 Å². The molecule has 2 aromatic carbocycles. The van der Waals surface area contributed by atoms with Gasteiger partial charge in [-0.2, -0.15) is 0 Å². The quantitative estimate of drug-likeness (QED) is 0.635. The van der Waals surface area contributed by atoms with Gasteiger partial charge in [0.2, 0.25) is 0 Å². The zero-order valence-corrected chi connectivity index (χ0v) is 16.1. The molecule has 0 unspecified atom stereocenters. The highest BCUT2D eigenvalue weighted by Crippen LogP contribution is 2.21. The highest BCUT2D eigenvalue weighted by Gasteiger charge is 2.10. The summed E-state index contributed by atoms with van der Waals surface area (Å²) in [5.41, 5.74) is 2.10. The number of hydrogen-bond acceptors (Lipinski definition) is 5. The molecule has 5 nitrogen and oxygen atoms in total. The fourth-order valence-electron chi connectivity index (χ4n) is 3.37. The Morgan fingerprint density at radius 1 is 0.929 bits per heavy atom. The average molecular weight is 374 g/mol. The molecule has 2 heterocycles. The van der Waals surface area contributed by atoms with E-state index in [4.69, 9.17) is 14.7 Å². The molecule has 0 radical (unpaired) electrons. The molecular formula is C23H26N4O. The Morgan fingerprint density at radius 2 is 1.71 bits per heavy atom. The summed E-state index contributed by atoms with van der Waals surface area (Å²) in [5.74, 6) is 1.62. The smallest absolute Gasteiger partial charge is 0.154 e. The van der Waals surface area contributed by atoms with Crippen molar-refractivity contribution in [2.75, 3.05) is 44.7 Å². The van der Waals surface area contributed by atoms with Crippen LogP contribution in [0.3, 0.4) is 0 Å². The predicted molar refractivity (Wildman–Crippen MR) is 115 cm³/mol. The lowest BCUT2D eigenvalue weighted by Gasteiger charge is -2.26. The zero-order valence-electron chi connectivity index (χ0n) is 16.1. The first-order chi connectivity index (χ1) is 13.9. The summed E-state index contributed by atoms with van der Waals surface area (Å²) in [7, 11) is 0. The van der Waals surface area contributed by atoms with Gasteiger partial charge < -0.3 is 10.1 Å². The third kappa shape index (κ3) is 4.94. The van der Waals surface area contributed by atoms with Crippen LogP contribution in [0.25, 0.3) is 23.1 Å². The van der Waals surface area contributed by atoms with Crippen LogP contribution in [0, 0.1) is 0 Å². The summed E-state index contributed by atoms with van der Waals surface area (Å²) >= 11 is 0. The molecule has 0 atom stereocenters. The zero-order chi connectivity index (χ0) is 19.0. The second-order valence-corrected chi connectivity index (χ2v) is 6.93. The number of morpholine rings is 1. The maximum atomic E-state index is 5.41. The molecule has 0 amide bonds. The number of benzene rings is 2. The van der Waals surface area contributed by atoms with Crippen molar-refractivity contribution in [3.05, 3.63) is 66.0 Å². The average Bonchev–Trinajstić information content (AvgIpc) is 2.76. The number of anilines is 1. The monoisotopic (exact) mass is 374 g/mol. The van der Waals surface area contributed by atoms with Gasteiger partial charge in [0, 0.05) is 25.0 Å². The molecule has 1 aromatic heterocycles. The molecule has 144 valence electrons. The minimum absolute atomic E-state index is 0.721. The van der Waals surface area contributed by atoms with Crippen LogP contribution >= 0.6 is 0 Å². The predicted octanol–water partition coefficient (Wildman–Crippen LogP) is 3.93. The number of rotatable bonds is 7. The molecule has 4 rings (SSSR count). The van der Waals surface area contributed by atoms with Crippen molar-refractivity contribution >= 4 is 28.9 Å². The fourth-order valence-corrected chi connectivity index (χ4v) is 3.37. The van der Waals surface area contributed by atoms with Crippen LogP contribution in [0.4, 0.5) is 5.82 Å². The van der Waals surface area contributed by atoms with Crippen molar-refractivity contribution in [1.29, 1.82) is 0 Å². The van der Waals surface area contributed by atoms with Gasteiger partial charge in [-0.25, -0.2) is 9.97 Å². The first-order valence-corrected chi connectivity index (χ1v) is 9.92. The Bertz CT molecular complexity index is 920. The molecule has 5 heteroatoms. The Labute approximate surface area is 166 Å². The van der Waals surface area contributed by atoms with E-state index in [1.165, 1.54) is 0 Å². The standard InChI is InChI=1S/C23H26N4O/c1-2-7-19(8-3-1)11-12-22-25-21-10-5-4-9-20(21)23(26-22)24-13-6-14-27-15-17-28-18-16-27/h1-5,7-12H,6,13-18H2,(H,24,25,26)/b12-11+. The largest absolute Gasteiger partial charge is 0.379 e. The number of nitrogens with zero attached hydrogens (tertiary/aromatic N) is 3. The van der Waals surface area contributed by atoms with Crippen LogP contribution < -0.4 is 5.32 Å². The number of aromatic nitrogens is 2. The van der Waals surface area contributed by atoms with E-state index in [9.17, 15) is 0 Å². The summed E-state index contributed by atoms with van der Waals surface area (Å²) in [4.78, 5) is 11.9. The lowest BCUT2D eigenvalue weighted by atomic mass is 10.2. The number of fused-ring (bicyclic) bond motifs is 1. The summed E-state index contributed by atoms with van der Waals surface area (Å²) < 4.78 is 5.41. The van der Waals surface area contributed by atoms with Gasteiger partial charge in [-0.3, -0.25) is 4.90 Å². The number of ether oxygens (including phenoxy) is 1.